The summed E-state index contributed by atoms with van der Waals surface area (Å²) in [6, 6.07) is 7.27. The predicted molar refractivity (Wildman–Crippen MR) is 98.4 cm³/mol. The zero-order valence-corrected chi connectivity index (χ0v) is 15.5. The van der Waals surface area contributed by atoms with Crippen LogP contribution >= 0.6 is 11.3 Å². The van der Waals surface area contributed by atoms with Crippen molar-refractivity contribution in [3.63, 3.8) is 0 Å². The molecule has 1 aromatic carbocycles. The Bertz CT molecular complexity index is 710. The molecule has 0 radical (unpaired) electrons. The fourth-order valence-electron chi connectivity index (χ4n) is 1.89. The SMILES string of the molecule is COC(=O)N[C@@H](C)/C=C/c1cnc(Oc2ccc(OC(C)C)cc2)s1. The van der Waals surface area contributed by atoms with E-state index in [0.29, 0.717) is 10.9 Å². The largest absolute Gasteiger partial charge is 0.491 e. The van der Waals surface area contributed by atoms with Gasteiger partial charge in [-0.1, -0.05) is 17.4 Å². The lowest BCUT2D eigenvalue weighted by Crippen LogP contribution is -2.30. The summed E-state index contributed by atoms with van der Waals surface area (Å²) in [5, 5.41) is 3.21. The Balaban J connectivity index is 1.91. The molecule has 1 atom stereocenters. The van der Waals surface area contributed by atoms with Crippen molar-refractivity contribution in [2.75, 3.05) is 7.11 Å². The summed E-state index contributed by atoms with van der Waals surface area (Å²) in [4.78, 5) is 16.3. The van der Waals surface area contributed by atoms with Gasteiger partial charge in [0.15, 0.2) is 0 Å². The first-order valence-corrected chi connectivity index (χ1v) is 8.71. The molecule has 1 heterocycles. The standard InChI is InChI=1S/C18H22N2O4S/c1-12(2)23-14-6-8-15(9-7-14)24-18-19-11-16(25-18)10-5-13(3)20-17(21)22-4/h5-13H,1-4H3,(H,20,21)/b10-5+/t13-/m0/s1. The van der Waals surface area contributed by atoms with Gasteiger partial charge in [-0.05, 0) is 51.1 Å². The van der Waals surface area contributed by atoms with Crippen LogP contribution in [0.5, 0.6) is 16.7 Å². The molecule has 1 aromatic heterocycles. The molecule has 6 nitrogen and oxygen atoms in total. The molecule has 2 rings (SSSR count). The second-order valence-electron chi connectivity index (χ2n) is 5.55. The van der Waals surface area contributed by atoms with Crippen LogP contribution in [0.4, 0.5) is 4.79 Å². The number of alkyl carbamates (subject to hydrolysis) is 1. The summed E-state index contributed by atoms with van der Waals surface area (Å²) in [5.41, 5.74) is 0. The highest BCUT2D eigenvalue weighted by Gasteiger charge is 2.06. The molecular weight excluding hydrogens is 340 g/mol. The smallest absolute Gasteiger partial charge is 0.407 e. The Kier molecular flexibility index (Phi) is 6.82. The van der Waals surface area contributed by atoms with Crippen molar-refractivity contribution in [2.45, 2.75) is 32.9 Å². The average molecular weight is 362 g/mol. The van der Waals surface area contributed by atoms with Gasteiger partial charge in [-0.2, -0.15) is 0 Å². The Morgan fingerprint density at radius 3 is 2.52 bits per heavy atom. The van der Waals surface area contributed by atoms with E-state index in [1.807, 2.05) is 57.2 Å². The molecule has 0 aliphatic carbocycles. The van der Waals surface area contributed by atoms with Crippen molar-refractivity contribution in [3.8, 4) is 16.7 Å². The minimum atomic E-state index is -0.463. The van der Waals surface area contributed by atoms with Gasteiger partial charge >= 0.3 is 6.09 Å². The monoisotopic (exact) mass is 362 g/mol. The van der Waals surface area contributed by atoms with Crippen molar-refractivity contribution in [1.29, 1.82) is 0 Å². The number of benzene rings is 1. The summed E-state index contributed by atoms with van der Waals surface area (Å²) < 4.78 is 15.9. The summed E-state index contributed by atoms with van der Waals surface area (Å²) >= 11 is 1.41. The van der Waals surface area contributed by atoms with Gasteiger partial charge < -0.3 is 19.5 Å². The Morgan fingerprint density at radius 2 is 1.88 bits per heavy atom. The molecule has 0 aliphatic heterocycles. The zero-order valence-electron chi connectivity index (χ0n) is 14.7. The van der Waals surface area contributed by atoms with Crippen molar-refractivity contribution >= 4 is 23.5 Å². The molecule has 0 saturated carbocycles. The van der Waals surface area contributed by atoms with E-state index >= 15 is 0 Å². The summed E-state index contributed by atoms with van der Waals surface area (Å²) in [5.74, 6) is 1.50. The lowest BCUT2D eigenvalue weighted by Gasteiger charge is -2.09. The maximum absolute atomic E-state index is 11.1. The van der Waals surface area contributed by atoms with Crippen LogP contribution in [0.1, 0.15) is 25.6 Å². The number of ether oxygens (including phenoxy) is 3. The van der Waals surface area contributed by atoms with Gasteiger partial charge in [-0.15, -0.1) is 0 Å². The topological polar surface area (TPSA) is 69.7 Å². The lowest BCUT2D eigenvalue weighted by molar-refractivity contribution is 0.169. The molecule has 25 heavy (non-hydrogen) atoms. The normalized spacial score (nSPS) is 12.2. The molecule has 0 saturated heterocycles. The maximum atomic E-state index is 11.1. The number of nitrogens with zero attached hydrogens (tertiary/aromatic N) is 1. The highest BCUT2D eigenvalue weighted by atomic mass is 32.1. The van der Waals surface area contributed by atoms with E-state index in [4.69, 9.17) is 9.47 Å². The summed E-state index contributed by atoms with van der Waals surface area (Å²) in [6.07, 6.45) is 5.13. The van der Waals surface area contributed by atoms with E-state index < -0.39 is 6.09 Å². The van der Waals surface area contributed by atoms with Gasteiger partial charge in [0.2, 0.25) is 0 Å². The zero-order chi connectivity index (χ0) is 18.2. The summed E-state index contributed by atoms with van der Waals surface area (Å²) in [6.45, 7) is 5.82. The predicted octanol–water partition coefficient (Wildman–Crippen LogP) is 4.48. The Hall–Kier alpha value is -2.54. The third kappa shape index (κ3) is 6.46. The number of methoxy groups -OCH3 is 1. The quantitative estimate of drug-likeness (QED) is 0.786. The first-order valence-electron chi connectivity index (χ1n) is 7.89. The van der Waals surface area contributed by atoms with Gasteiger partial charge in [0.1, 0.15) is 11.5 Å². The van der Waals surface area contributed by atoms with Gasteiger partial charge in [-0.3, -0.25) is 0 Å². The highest BCUT2D eigenvalue weighted by molar-refractivity contribution is 7.14. The second-order valence-corrected chi connectivity index (χ2v) is 6.58. The number of amides is 1. The minimum Gasteiger partial charge on any atom is -0.491 e. The number of carbonyl (C=O) groups is 1. The van der Waals surface area contributed by atoms with Gasteiger partial charge in [0.25, 0.3) is 5.19 Å². The van der Waals surface area contributed by atoms with Crippen LogP contribution < -0.4 is 14.8 Å². The summed E-state index contributed by atoms with van der Waals surface area (Å²) in [7, 11) is 1.33. The second kappa shape index (κ2) is 9.08. The number of carbonyl (C=O) groups excluding carboxylic acids is 1. The highest BCUT2D eigenvalue weighted by Crippen LogP contribution is 2.28. The van der Waals surface area contributed by atoms with Gasteiger partial charge in [-0.25, -0.2) is 9.78 Å². The Morgan fingerprint density at radius 1 is 1.20 bits per heavy atom. The molecule has 2 aromatic rings. The van der Waals surface area contributed by atoms with E-state index in [0.717, 1.165) is 10.6 Å². The number of hydrogen-bond donors (Lipinski definition) is 1. The van der Waals surface area contributed by atoms with E-state index in [2.05, 4.69) is 15.0 Å². The Labute approximate surface area is 151 Å². The number of nitrogens with one attached hydrogen (secondary N) is 1. The molecule has 1 amide bonds. The molecule has 134 valence electrons. The van der Waals surface area contributed by atoms with Crippen LogP contribution in [0.3, 0.4) is 0 Å². The van der Waals surface area contributed by atoms with Crippen LogP contribution in [0.25, 0.3) is 6.08 Å². The third-order valence-corrected chi connectivity index (χ3v) is 3.82. The number of rotatable bonds is 7. The molecule has 1 N–H and O–H groups in total. The van der Waals surface area contributed by atoms with Crippen LogP contribution in [-0.2, 0) is 4.74 Å². The number of aromatic nitrogens is 1. The number of thiazole rings is 1. The van der Waals surface area contributed by atoms with Crippen LogP contribution in [-0.4, -0.2) is 30.3 Å². The maximum Gasteiger partial charge on any atom is 0.407 e. The average Bonchev–Trinajstić information content (AvgIpc) is 3.01. The molecule has 0 aliphatic rings. The molecule has 0 bridgehead atoms. The lowest BCUT2D eigenvalue weighted by atomic mass is 10.3. The van der Waals surface area contributed by atoms with E-state index in [-0.39, 0.29) is 12.1 Å². The minimum absolute atomic E-state index is 0.135. The van der Waals surface area contributed by atoms with Crippen LogP contribution in [0.2, 0.25) is 0 Å². The van der Waals surface area contributed by atoms with Gasteiger partial charge in [0.05, 0.1) is 18.1 Å². The van der Waals surface area contributed by atoms with Crippen molar-refractivity contribution in [2.24, 2.45) is 0 Å². The van der Waals surface area contributed by atoms with Crippen LogP contribution in [0, 0.1) is 0 Å². The van der Waals surface area contributed by atoms with Crippen LogP contribution in [0.15, 0.2) is 36.5 Å². The van der Waals surface area contributed by atoms with E-state index in [9.17, 15) is 4.79 Å². The first-order chi connectivity index (χ1) is 12.0. The van der Waals surface area contributed by atoms with Gasteiger partial charge in [0, 0.05) is 12.2 Å². The third-order valence-electron chi connectivity index (χ3n) is 2.98. The van der Waals surface area contributed by atoms with Crippen molar-refractivity contribution in [1.82, 2.24) is 10.3 Å². The molecular formula is C18H22N2O4S. The van der Waals surface area contributed by atoms with E-state index in [1.54, 1.807) is 6.20 Å². The molecule has 0 spiro atoms. The molecule has 0 unspecified atom stereocenters. The van der Waals surface area contributed by atoms with Crippen molar-refractivity contribution in [3.05, 3.63) is 41.4 Å². The fraction of sp³-hybridized carbons (Fsp3) is 0.333. The number of hydrogen-bond acceptors (Lipinski definition) is 6. The van der Waals surface area contributed by atoms with Crippen molar-refractivity contribution < 1.29 is 19.0 Å². The molecule has 0 fully saturated rings. The first kappa shape index (κ1) is 18.8. The molecule has 7 heteroatoms. The van der Waals surface area contributed by atoms with E-state index in [1.165, 1.54) is 18.4 Å². The fourth-order valence-corrected chi connectivity index (χ4v) is 2.58.